The van der Waals surface area contributed by atoms with Gasteiger partial charge in [0.1, 0.15) is 25.3 Å². The molecule has 8 nitrogen and oxygen atoms in total. The van der Waals surface area contributed by atoms with Crippen molar-refractivity contribution in [3.8, 4) is 0 Å². The van der Waals surface area contributed by atoms with Crippen LogP contribution in [0.2, 0.25) is 0 Å². The van der Waals surface area contributed by atoms with Crippen molar-refractivity contribution in [2.45, 2.75) is 0 Å². The minimum atomic E-state index is -0.606. The number of rotatable bonds is 5. The molecule has 0 saturated carbocycles. The van der Waals surface area contributed by atoms with Crippen molar-refractivity contribution in [1.29, 1.82) is 5.41 Å². The van der Waals surface area contributed by atoms with Crippen LogP contribution in [0.15, 0.2) is 60.8 Å². The van der Waals surface area contributed by atoms with E-state index in [1.807, 2.05) is 12.7 Å². The minimum Gasteiger partial charge on any atom is -0.378 e. The Bertz CT molecular complexity index is 1210. The van der Waals surface area contributed by atoms with Crippen LogP contribution in [-0.2, 0) is 4.74 Å². The van der Waals surface area contributed by atoms with Crippen LogP contribution in [0.3, 0.4) is 0 Å². The Balaban J connectivity index is 1.47. The van der Waals surface area contributed by atoms with E-state index in [1.54, 1.807) is 42.6 Å². The number of ether oxygens (including phenoxy) is 1. The first-order valence-electron chi connectivity index (χ1n) is 10.8. The predicted molar refractivity (Wildman–Crippen MR) is 130 cm³/mol. The molecule has 3 N–H and O–H groups in total. The fourth-order valence-corrected chi connectivity index (χ4v) is 3.48. The van der Waals surface area contributed by atoms with Gasteiger partial charge in [0.15, 0.2) is 0 Å². The number of amides is 2. The van der Waals surface area contributed by atoms with E-state index in [1.165, 1.54) is 12.1 Å². The molecule has 0 aliphatic carbocycles. The molecule has 0 bridgehead atoms. The quantitative estimate of drug-likeness (QED) is 0.306. The number of anilines is 2. The first-order chi connectivity index (χ1) is 16.4. The highest BCUT2D eigenvalue weighted by atomic mass is 19.1. The van der Waals surface area contributed by atoms with Crippen LogP contribution in [-0.4, -0.2) is 61.7 Å². The van der Waals surface area contributed by atoms with Gasteiger partial charge in [0, 0.05) is 30.4 Å². The molecule has 0 radical (unpaired) electrons. The lowest BCUT2D eigenvalue weighted by Crippen LogP contribution is -2.40. The number of hydrogen-bond acceptors (Lipinski definition) is 5. The van der Waals surface area contributed by atoms with E-state index in [2.05, 4.69) is 15.6 Å². The maximum Gasteiger partial charge on any atom is 0.259 e. The lowest BCUT2D eigenvalue weighted by Gasteiger charge is -2.29. The third-order valence-electron chi connectivity index (χ3n) is 5.38. The molecule has 1 fully saturated rings. The highest BCUT2D eigenvalue weighted by Crippen LogP contribution is 2.20. The van der Waals surface area contributed by atoms with Crippen molar-refractivity contribution in [1.82, 2.24) is 9.88 Å². The third kappa shape index (κ3) is 5.47. The summed E-state index contributed by atoms with van der Waals surface area (Å²) in [4.78, 5) is 31.6. The molecule has 2 heterocycles. The van der Waals surface area contributed by atoms with Gasteiger partial charge in [-0.25, -0.2) is 9.37 Å². The van der Waals surface area contributed by atoms with Gasteiger partial charge < -0.3 is 20.3 Å². The predicted octanol–water partition coefficient (Wildman–Crippen LogP) is 1.64. The van der Waals surface area contributed by atoms with E-state index >= 15 is 0 Å². The molecule has 3 aromatic rings. The summed E-state index contributed by atoms with van der Waals surface area (Å²) in [5.41, 5.74) is 2.10. The first kappa shape index (κ1) is 23.1. The van der Waals surface area contributed by atoms with Crippen molar-refractivity contribution in [3.05, 3.63) is 83.3 Å². The molecule has 172 valence electrons. The van der Waals surface area contributed by atoms with Gasteiger partial charge in [-0.3, -0.25) is 15.0 Å². The zero-order valence-corrected chi connectivity index (χ0v) is 18.6. The molecule has 2 amide bonds. The number of amidine groups is 1. The Hall–Kier alpha value is -4.05. The van der Waals surface area contributed by atoms with Gasteiger partial charge in [-0.1, -0.05) is 23.7 Å². The van der Waals surface area contributed by atoms with Crippen molar-refractivity contribution >= 4 is 42.5 Å². The van der Waals surface area contributed by atoms with Gasteiger partial charge in [0.05, 0.1) is 24.5 Å². The van der Waals surface area contributed by atoms with Crippen molar-refractivity contribution in [3.63, 3.8) is 0 Å². The molecular weight excluding hydrogens is 436 g/mol. The summed E-state index contributed by atoms with van der Waals surface area (Å²) in [6.45, 7) is 2.45. The topological polar surface area (TPSA) is 107 Å². The second kappa shape index (κ2) is 10.3. The molecule has 1 aliphatic heterocycles. The van der Waals surface area contributed by atoms with E-state index in [0.29, 0.717) is 49.1 Å². The van der Waals surface area contributed by atoms with Crippen LogP contribution >= 0.6 is 0 Å². The van der Waals surface area contributed by atoms with Crippen molar-refractivity contribution < 1.29 is 18.7 Å². The lowest BCUT2D eigenvalue weighted by atomic mass is 9.99. The van der Waals surface area contributed by atoms with Gasteiger partial charge in [0.25, 0.3) is 11.8 Å². The van der Waals surface area contributed by atoms with E-state index < -0.39 is 17.6 Å². The molecule has 2 aromatic carbocycles. The molecule has 34 heavy (non-hydrogen) atoms. The molecule has 4 rings (SSSR count). The Morgan fingerprint density at radius 3 is 2.35 bits per heavy atom. The smallest absolute Gasteiger partial charge is 0.259 e. The number of carbonyl (C=O) groups excluding carboxylic acids is 2. The second-order valence-corrected chi connectivity index (χ2v) is 7.84. The maximum absolute atomic E-state index is 13.9. The van der Waals surface area contributed by atoms with E-state index in [9.17, 15) is 14.0 Å². The van der Waals surface area contributed by atoms with Crippen molar-refractivity contribution in [2.75, 3.05) is 36.9 Å². The molecule has 1 aromatic heterocycles. The van der Waals surface area contributed by atoms with E-state index in [-0.39, 0.29) is 11.3 Å². The number of halogens is 1. The highest BCUT2D eigenvalue weighted by Gasteiger charge is 2.18. The summed E-state index contributed by atoms with van der Waals surface area (Å²) < 4.78 is 19.2. The fourth-order valence-electron chi connectivity index (χ4n) is 3.48. The lowest BCUT2D eigenvalue weighted by molar-refractivity contribution is 0.0680. The Labute approximate surface area is 197 Å². The average molecular weight is 459 g/mol. The zero-order valence-electron chi connectivity index (χ0n) is 18.6. The number of pyridine rings is 1. The van der Waals surface area contributed by atoms with Gasteiger partial charge in [-0.15, -0.1) is 0 Å². The molecule has 0 spiro atoms. The molecule has 0 atom stereocenters. The Morgan fingerprint density at radius 2 is 1.68 bits per heavy atom. The summed E-state index contributed by atoms with van der Waals surface area (Å²) >= 11 is 0. The molecular formula is C24H23BFN5O3. The minimum absolute atomic E-state index is 0.0264. The number of morpholine rings is 1. The first-order valence-corrected chi connectivity index (χ1v) is 10.8. The van der Waals surface area contributed by atoms with Crippen LogP contribution < -0.4 is 16.1 Å². The monoisotopic (exact) mass is 459 g/mol. The van der Waals surface area contributed by atoms with Gasteiger partial charge in [0.2, 0.25) is 0 Å². The summed E-state index contributed by atoms with van der Waals surface area (Å²) in [5.74, 6) is -0.974. The van der Waals surface area contributed by atoms with Gasteiger partial charge in [-0.05, 0) is 36.4 Å². The zero-order chi connectivity index (χ0) is 24.1. The Kier molecular flexibility index (Phi) is 6.98. The van der Waals surface area contributed by atoms with Crippen LogP contribution in [0.4, 0.5) is 15.9 Å². The van der Waals surface area contributed by atoms with Crippen molar-refractivity contribution in [2.24, 2.45) is 0 Å². The van der Waals surface area contributed by atoms with E-state index in [4.69, 9.17) is 10.1 Å². The summed E-state index contributed by atoms with van der Waals surface area (Å²) in [5, 5.41) is 13.7. The molecule has 0 unspecified atom stereocenters. The van der Waals surface area contributed by atoms with E-state index in [0.717, 1.165) is 11.5 Å². The van der Waals surface area contributed by atoms with Crippen LogP contribution in [0.1, 0.15) is 26.3 Å². The SMILES string of the molecule is Bc1ccc(NC(=O)c2cc(F)ccc2NC(=O)c2ccc(C(=N)N3CCOCC3)cc2)nc1. The number of nitrogens with zero attached hydrogens (tertiary/aromatic N) is 2. The van der Waals surface area contributed by atoms with Crippen LogP contribution in [0.25, 0.3) is 0 Å². The molecule has 1 saturated heterocycles. The van der Waals surface area contributed by atoms with Gasteiger partial charge in [-0.2, -0.15) is 0 Å². The number of benzene rings is 2. The molecule has 10 heteroatoms. The summed E-state index contributed by atoms with van der Waals surface area (Å²) in [7, 11) is 1.87. The number of carbonyl (C=O) groups is 2. The third-order valence-corrected chi connectivity index (χ3v) is 5.38. The normalized spacial score (nSPS) is 13.3. The average Bonchev–Trinajstić information content (AvgIpc) is 2.86. The summed E-state index contributed by atoms with van der Waals surface area (Å²) in [6.07, 6.45) is 1.60. The fraction of sp³-hybridized carbons (Fsp3) is 0.167. The van der Waals surface area contributed by atoms with Crippen LogP contribution in [0, 0.1) is 11.2 Å². The van der Waals surface area contributed by atoms with Gasteiger partial charge >= 0.3 is 0 Å². The maximum atomic E-state index is 13.9. The summed E-state index contributed by atoms with van der Waals surface area (Å²) in [6, 6.07) is 13.6. The molecule has 1 aliphatic rings. The van der Waals surface area contributed by atoms with Crippen LogP contribution in [0.5, 0.6) is 0 Å². The highest BCUT2D eigenvalue weighted by molar-refractivity contribution is 6.32. The Morgan fingerprint density at radius 1 is 0.971 bits per heavy atom. The largest absolute Gasteiger partial charge is 0.378 e. The number of nitrogens with one attached hydrogen (secondary N) is 3. The standard InChI is InChI=1S/C24H23BFN5O3/c25-17-5-8-21(28-14-17)30-24(33)19-13-18(26)6-7-20(19)29-23(32)16-3-1-15(2-4-16)22(27)31-9-11-34-12-10-31/h1-8,13-14,27H,9-12,25H2,(H,29,32)(H,28,30,33). The number of aromatic nitrogens is 1. The second-order valence-electron chi connectivity index (χ2n) is 7.84. The number of hydrogen-bond donors (Lipinski definition) is 3.